The van der Waals surface area contributed by atoms with Gasteiger partial charge in [-0.3, -0.25) is 13.9 Å². The molecule has 3 aromatic rings. The Morgan fingerprint density at radius 1 is 1.09 bits per heavy atom. The molecule has 2 N–H and O–H groups in total. The van der Waals surface area contributed by atoms with Crippen LogP contribution in [0.5, 0.6) is 0 Å². The Bertz CT molecular complexity index is 1310. The van der Waals surface area contributed by atoms with Crippen LogP contribution in [0.3, 0.4) is 0 Å². The number of hydrogen-bond donors (Lipinski definition) is 2. The number of hydrogen-bond acceptors (Lipinski definition) is 4. The van der Waals surface area contributed by atoms with Gasteiger partial charge in [-0.05, 0) is 55.0 Å². The fraction of sp³-hybridized carbons (Fsp3) is 0.130. The average Bonchev–Trinajstić information content (AvgIpc) is 3.15. The van der Waals surface area contributed by atoms with Crippen molar-refractivity contribution >= 4 is 44.8 Å². The zero-order valence-corrected chi connectivity index (χ0v) is 18.7. The van der Waals surface area contributed by atoms with E-state index in [4.69, 9.17) is 11.6 Å². The van der Waals surface area contributed by atoms with Gasteiger partial charge in [0.2, 0.25) is 0 Å². The van der Waals surface area contributed by atoms with Gasteiger partial charge in [-0.25, -0.2) is 8.42 Å². The molecule has 1 aliphatic heterocycles. The highest BCUT2D eigenvalue weighted by molar-refractivity contribution is 7.92. The first-order valence-electron chi connectivity index (χ1n) is 9.91. The number of para-hydroxylation sites is 1. The monoisotopic (exact) mass is 469 g/mol. The third-order valence-corrected chi connectivity index (χ3v) is 7.38. The molecule has 0 radical (unpaired) electrons. The Kier molecular flexibility index (Phi) is 5.90. The lowest BCUT2D eigenvalue weighted by Gasteiger charge is -2.23. The first kappa shape index (κ1) is 21.9. The molecule has 7 nitrogen and oxygen atoms in total. The number of carbonyl (C=O) groups is 2. The second kappa shape index (κ2) is 8.64. The molecule has 3 aromatic carbocycles. The van der Waals surface area contributed by atoms with Crippen LogP contribution in [0, 0.1) is 0 Å². The van der Waals surface area contributed by atoms with Gasteiger partial charge < -0.3 is 10.6 Å². The second-order valence-corrected chi connectivity index (χ2v) is 9.43. The Morgan fingerprint density at radius 3 is 2.56 bits per heavy atom. The third-order valence-electron chi connectivity index (χ3n) is 5.15. The van der Waals surface area contributed by atoms with E-state index >= 15 is 0 Å². The number of carbonyl (C=O) groups excluding carboxylic acids is 2. The number of halogens is 1. The molecule has 9 heteroatoms. The molecule has 0 bridgehead atoms. The first-order valence-corrected chi connectivity index (χ1v) is 11.7. The summed E-state index contributed by atoms with van der Waals surface area (Å²) >= 11 is 6.22. The molecule has 0 fully saturated rings. The summed E-state index contributed by atoms with van der Waals surface area (Å²) in [4.78, 5) is 24.7. The number of anilines is 2. The standard InChI is InChI=1S/C23H20ClN3O4S/c1-2-27(17-6-4-3-5-7-17)32(30,31)18-10-11-21(24)20(13-18)23(29)26-16-9-8-15-14-25-22(28)19(15)12-16/h3-13H,2,14H2,1H3,(H,25,28)(H,26,29). The zero-order valence-electron chi connectivity index (χ0n) is 17.1. The molecule has 164 valence electrons. The summed E-state index contributed by atoms with van der Waals surface area (Å²) < 4.78 is 27.8. The smallest absolute Gasteiger partial charge is 0.264 e. The molecule has 1 aliphatic rings. The van der Waals surface area contributed by atoms with E-state index in [9.17, 15) is 18.0 Å². The number of rotatable bonds is 6. The number of amides is 2. The molecule has 32 heavy (non-hydrogen) atoms. The van der Waals surface area contributed by atoms with Crippen LogP contribution >= 0.6 is 11.6 Å². The largest absolute Gasteiger partial charge is 0.348 e. The molecule has 1 heterocycles. The summed E-state index contributed by atoms with van der Waals surface area (Å²) in [5.74, 6) is -0.782. The molecular formula is C23H20ClN3O4S. The van der Waals surface area contributed by atoms with Crippen molar-refractivity contribution in [2.75, 3.05) is 16.2 Å². The molecule has 0 aromatic heterocycles. The molecule has 2 amide bonds. The second-order valence-electron chi connectivity index (χ2n) is 7.16. The highest BCUT2D eigenvalue weighted by atomic mass is 35.5. The van der Waals surface area contributed by atoms with Crippen LogP contribution in [-0.2, 0) is 16.6 Å². The van der Waals surface area contributed by atoms with E-state index in [2.05, 4.69) is 10.6 Å². The van der Waals surface area contributed by atoms with Gasteiger partial charge in [0.15, 0.2) is 0 Å². The molecule has 4 rings (SSSR count). The predicted molar refractivity (Wildman–Crippen MR) is 124 cm³/mol. The number of nitrogens with one attached hydrogen (secondary N) is 2. The predicted octanol–water partition coefficient (Wildman–Crippen LogP) is 4.05. The van der Waals surface area contributed by atoms with Crippen LogP contribution in [0.2, 0.25) is 5.02 Å². The summed E-state index contributed by atoms with van der Waals surface area (Å²) in [5.41, 5.74) is 2.29. The Balaban J connectivity index is 1.65. The molecule has 0 saturated carbocycles. The van der Waals surface area contributed by atoms with E-state index in [1.807, 2.05) is 0 Å². The van der Waals surface area contributed by atoms with Crippen molar-refractivity contribution < 1.29 is 18.0 Å². The van der Waals surface area contributed by atoms with Crippen LogP contribution in [-0.4, -0.2) is 26.8 Å². The SMILES string of the molecule is CCN(c1ccccc1)S(=O)(=O)c1ccc(Cl)c(C(=O)Nc2ccc3c(c2)C(=O)NC3)c1. The molecule has 0 aliphatic carbocycles. The fourth-order valence-corrected chi connectivity index (χ4v) is 5.24. The minimum absolute atomic E-state index is 0.0156. The van der Waals surface area contributed by atoms with Gasteiger partial charge in [-0.2, -0.15) is 0 Å². The van der Waals surface area contributed by atoms with Gasteiger partial charge in [-0.15, -0.1) is 0 Å². The fourth-order valence-electron chi connectivity index (χ4n) is 3.54. The van der Waals surface area contributed by atoms with Gasteiger partial charge in [0.1, 0.15) is 0 Å². The lowest BCUT2D eigenvalue weighted by atomic mass is 10.1. The topological polar surface area (TPSA) is 95.6 Å². The third kappa shape index (κ3) is 4.06. The first-order chi connectivity index (χ1) is 15.3. The highest BCUT2D eigenvalue weighted by Crippen LogP contribution is 2.28. The Morgan fingerprint density at radius 2 is 1.84 bits per heavy atom. The van der Waals surface area contributed by atoms with Crippen molar-refractivity contribution in [1.82, 2.24) is 5.32 Å². The number of sulfonamides is 1. The van der Waals surface area contributed by atoms with Crippen LogP contribution in [0.1, 0.15) is 33.2 Å². The number of nitrogens with zero attached hydrogens (tertiary/aromatic N) is 1. The summed E-state index contributed by atoms with van der Waals surface area (Å²) in [6, 6.07) is 17.8. The van der Waals surface area contributed by atoms with Crippen LogP contribution in [0.15, 0.2) is 71.6 Å². The van der Waals surface area contributed by atoms with Crippen molar-refractivity contribution in [2.45, 2.75) is 18.4 Å². The van der Waals surface area contributed by atoms with Crippen LogP contribution < -0.4 is 14.9 Å². The summed E-state index contributed by atoms with van der Waals surface area (Å²) in [5, 5.41) is 5.52. The molecular weight excluding hydrogens is 450 g/mol. The van der Waals surface area contributed by atoms with Crippen LogP contribution in [0.4, 0.5) is 11.4 Å². The van der Waals surface area contributed by atoms with Crippen molar-refractivity contribution in [3.05, 3.63) is 88.4 Å². The van der Waals surface area contributed by atoms with Crippen molar-refractivity contribution in [3.8, 4) is 0 Å². The van der Waals surface area contributed by atoms with E-state index in [0.29, 0.717) is 23.5 Å². The van der Waals surface area contributed by atoms with E-state index in [-0.39, 0.29) is 27.9 Å². The van der Waals surface area contributed by atoms with Gasteiger partial charge in [0, 0.05) is 24.3 Å². The van der Waals surface area contributed by atoms with Crippen molar-refractivity contribution in [3.63, 3.8) is 0 Å². The lowest BCUT2D eigenvalue weighted by Crippen LogP contribution is -2.31. The van der Waals surface area contributed by atoms with E-state index in [0.717, 1.165) is 5.56 Å². The van der Waals surface area contributed by atoms with Gasteiger partial charge >= 0.3 is 0 Å². The lowest BCUT2D eigenvalue weighted by molar-refractivity contribution is 0.0964. The van der Waals surface area contributed by atoms with Crippen molar-refractivity contribution in [2.24, 2.45) is 0 Å². The maximum Gasteiger partial charge on any atom is 0.264 e. The summed E-state index contributed by atoms with van der Waals surface area (Å²) in [7, 11) is -3.92. The highest BCUT2D eigenvalue weighted by Gasteiger charge is 2.26. The van der Waals surface area contributed by atoms with Gasteiger partial charge in [-0.1, -0.05) is 35.9 Å². The maximum atomic E-state index is 13.3. The van der Waals surface area contributed by atoms with Gasteiger partial charge in [0.25, 0.3) is 21.8 Å². The number of benzene rings is 3. The van der Waals surface area contributed by atoms with Crippen LogP contribution in [0.25, 0.3) is 0 Å². The van der Waals surface area contributed by atoms with Crippen molar-refractivity contribution in [1.29, 1.82) is 0 Å². The van der Waals surface area contributed by atoms with Gasteiger partial charge in [0.05, 0.1) is 21.2 Å². The number of fused-ring (bicyclic) bond motifs is 1. The zero-order chi connectivity index (χ0) is 22.9. The summed E-state index contributed by atoms with van der Waals surface area (Å²) in [6.07, 6.45) is 0. The molecule has 0 saturated heterocycles. The minimum atomic E-state index is -3.92. The Hall–Kier alpha value is -3.36. The van der Waals surface area contributed by atoms with E-state index < -0.39 is 15.9 Å². The molecule has 0 spiro atoms. The normalized spacial score (nSPS) is 12.8. The molecule has 0 atom stereocenters. The maximum absolute atomic E-state index is 13.3. The van der Waals surface area contributed by atoms with E-state index in [1.54, 1.807) is 55.5 Å². The van der Waals surface area contributed by atoms with E-state index in [1.165, 1.54) is 22.5 Å². The Labute approximate surface area is 191 Å². The average molecular weight is 470 g/mol. The minimum Gasteiger partial charge on any atom is -0.348 e. The molecule has 0 unspecified atom stereocenters. The quantitative estimate of drug-likeness (QED) is 0.569. The summed E-state index contributed by atoms with van der Waals surface area (Å²) in [6.45, 7) is 2.40.